The van der Waals surface area contributed by atoms with E-state index < -0.39 is 24.2 Å². The van der Waals surface area contributed by atoms with Crippen LogP contribution in [-0.2, 0) is 9.53 Å². The number of carbonyl (C=O) groups is 1. The minimum Gasteiger partial charge on any atom is -0.388 e. The first-order valence-corrected chi connectivity index (χ1v) is 7.48. The predicted molar refractivity (Wildman–Crippen MR) is 74.2 cm³/mol. The lowest BCUT2D eigenvalue weighted by molar-refractivity contribution is -0.165. The maximum absolute atomic E-state index is 11.7. The molecule has 0 aromatic rings. The maximum Gasteiger partial charge on any atom is 0.254 e. The summed E-state index contributed by atoms with van der Waals surface area (Å²) in [6, 6.07) is 0. The van der Waals surface area contributed by atoms with Crippen LogP contribution in [-0.4, -0.2) is 70.7 Å². The number of carbonyl (C=O) groups excluding carboxylic acids is 1. The van der Waals surface area contributed by atoms with E-state index in [1.807, 2.05) is 0 Å². The summed E-state index contributed by atoms with van der Waals surface area (Å²) in [5.41, 5.74) is 0. The number of ether oxygens (including phenoxy) is 1. The number of hydrogen-bond donors (Lipinski definition) is 3. The zero-order valence-corrected chi connectivity index (χ0v) is 12.2. The van der Waals surface area contributed by atoms with Crippen molar-refractivity contribution in [3.63, 3.8) is 0 Å². The van der Waals surface area contributed by atoms with Crippen molar-refractivity contribution < 1.29 is 24.9 Å². The van der Waals surface area contributed by atoms with Gasteiger partial charge in [-0.3, -0.25) is 4.79 Å². The molecule has 118 valence electrons. The summed E-state index contributed by atoms with van der Waals surface area (Å²) in [5.74, 6) is -0.492. The summed E-state index contributed by atoms with van der Waals surface area (Å²) in [6.45, 7) is 4.27. The van der Waals surface area contributed by atoms with E-state index in [4.69, 9.17) is 4.74 Å². The number of aliphatic hydroxyl groups excluding tert-OH is 3. The van der Waals surface area contributed by atoms with Crippen molar-refractivity contribution >= 4 is 5.91 Å². The molecule has 0 bridgehead atoms. The molecule has 1 amide bonds. The second-order valence-corrected chi connectivity index (χ2v) is 5.31. The van der Waals surface area contributed by atoms with E-state index in [9.17, 15) is 20.1 Å². The van der Waals surface area contributed by atoms with Gasteiger partial charge in [0, 0.05) is 26.3 Å². The average molecular weight is 289 g/mol. The summed E-state index contributed by atoms with van der Waals surface area (Å²) in [7, 11) is 0. The summed E-state index contributed by atoms with van der Waals surface area (Å²) >= 11 is 0. The second kappa shape index (κ2) is 9.28. The molecule has 6 heteroatoms. The summed E-state index contributed by atoms with van der Waals surface area (Å²) < 4.78 is 5.38. The van der Waals surface area contributed by atoms with Gasteiger partial charge in [0.25, 0.3) is 5.91 Å². The molecule has 0 unspecified atom stereocenters. The van der Waals surface area contributed by atoms with Gasteiger partial charge in [-0.05, 0) is 19.3 Å². The number of unbranched alkanes of at least 4 members (excludes halogenated alkanes) is 3. The summed E-state index contributed by atoms with van der Waals surface area (Å²) in [5, 5.41) is 28.4. The number of β-amino-alcohol motifs (C(OH)–C–C–N with tert-alkyl or cyclic N) is 1. The number of rotatable bonds is 9. The smallest absolute Gasteiger partial charge is 0.254 e. The van der Waals surface area contributed by atoms with E-state index in [1.165, 1.54) is 4.90 Å². The van der Waals surface area contributed by atoms with E-state index in [1.54, 1.807) is 0 Å². The predicted octanol–water partition coefficient (Wildman–Crippen LogP) is -0.102. The van der Waals surface area contributed by atoms with Gasteiger partial charge in [-0.2, -0.15) is 0 Å². The van der Waals surface area contributed by atoms with E-state index in [0.29, 0.717) is 6.54 Å². The van der Waals surface area contributed by atoms with Gasteiger partial charge in [-0.25, -0.2) is 0 Å². The third kappa shape index (κ3) is 5.36. The van der Waals surface area contributed by atoms with Gasteiger partial charge in [-0.15, -0.1) is 0 Å². The molecule has 20 heavy (non-hydrogen) atoms. The molecule has 3 N–H and O–H groups in total. The van der Waals surface area contributed by atoms with Crippen LogP contribution in [0.4, 0.5) is 0 Å². The molecular formula is C14H27NO5. The van der Waals surface area contributed by atoms with E-state index in [0.717, 1.165) is 45.3 Å². The molecule has 1 aliphatic heterocycles. The van der Waals surface area contributed by atoms with Crippen LogP contribution in [0, 0.1) is 0 Å². The maximum atomic E-state index is 11.7. The highest BCUT2D eigenvalue weighted by Crippen LogP contribution is 2.14. The first kappa shape index (κ1) is 17.4. The zero-order valence-electron chi connectivity index (χ0n) is 12.2. The molecule has 1 aliphatic rings. The minimum absolute atomic E-state index is 0.0939. The van der Waals surface area contributed by atoms with Crippen LogP contribution in [0.5, 0.6) is 0 Å². The van der Waals surface area contributed by atoms with E-state index in [-0.39, 0.29) is 6.54 Å². The van der Waals surface area contributed by atoms with Crippen LogP contribution < -0.4 is 0 Å². The molecule has 0 saturated carbocycles. The third-order valence-corrected chi connectivity index (χ3v) is 3.51. The fraction of sp³-hybridized carbons (Fsp3) is 0.929. The number of piperidine rings is 1. The fourth-order valence-corrected chi connectivity index (χ4v) is 2.28. The lowest BCUT2D eigenvalue weighted by atomic mass is 10.0. The van der Waals surface area contributed by atoms with Crippen molar-refractivity contribution in [1.29, 1.82) is 0 Å². The van der Waals surface area contributed by atoms with Gasteiger partial charge < -0.3 is 25.0 Å². The molecule has 0 spiro atoms. The zero-order chi connectivity index (χ0) is 15.0. The van der Waals surface area contributed by atoms with E-state index in [2.05, 4.69) is 6.92 Å². The van der Waals surface area contributed by atoms with Crippen molar-refractivity contribution in [1.82, 2.24) is 4.90 Å². The number of amides is 1. The molecule has 0 radical (unpaired) electrons. The molecule has 1 heterocycles. The normalized spacial score (nSPS) is 27.1. The summed E-state index contributed by atoms with van der Waals surface area (Å²) in [6.07, 6.45) is 0.967. The van der Waals surface area contributed by atoms with Crippen molar-refractivity contribution in [3.05, 3.63) is 0 Å². The Bertz CT molecular complexity index is 287. The van der Waals surface area contributed by atoms with Crippen molar-refractivity contribution in [2.24, 2.45) is 0 Å². The molecule has 1 saturated heterocycles. The first-order valence-electron chi connectivity index (χ1n) is 7.48. The van der Waals surface area contributed by atoms with Crippen LogP contribution in [0.25, 0.3) is 0 Å². The topological polar surface area (TPSA) is 90.2 Å². The highest BCUT2D eigenvalue weighted by molar-refractivity contribution is 5.82. The highest BCUT2D eigenvalue weighted by atomic mass is 16.5. The quantitative estimate of drug-likeness (QED) is 0.516. The molecule has 3 atom stereocenters. The van der Waals surface area contributed by atoms with Gasteiger partial charge in [0.15, 0.2) is 6.10 Å². The van der Waals surface area contributed by atoms with Crippen LogP contribution in [0.1, 0.15) is 39.0 Å². The van der Waals surface area contributed by atoms with Gasteiger partial charge in [0.05, 0.1) is 0 Å². The second-order valence-electron chi connectivity index (χ2n) is 5.31. The Labute approximate surface area is 120 Å². The molecule has 1 fully saturated rings. The lowest BCUT2D eigenvalue weighted by Gasteiger charge is -2.36. The van der Waals surface area contributed by atoms with Crippen LogP contribution in [0.3, 0.4) is 0 Å². The lowest BCUT2D eigenvalue weighted by Crippen LogP contribution is -2.58. The van der Waals surface area contributed by atoms with Crippen LogP contribution >= 0.6 is 0 Å². The van der Waals surface area contributed by atoms with E-state index >= 15 is 0 Å². The van der Waals surface area contributed by atoms with Crippen LogP contribution in [0.15, 0.2) is 0 Å². The van der Waals surface area contributed by atoms with Gasteiger partial charge in [0.1, 0.15) is 12.2 Å². The Morgan fingerprint density at radius 3 is 2.55 bits per heavy atom. The Kier molecular flexibility index (Phi) is 8.06. The Morgan fingerprint density at radius 2 is 1.85 bits per heavy atom. The largest absolute Gasteiger partial charge is 0.388 e. The number of nitrogens with zero attached hydrogens (tertiary/aromatic N) is 1. The average Bonchev–Trinajstić information content (AvgIpc) is 2.44. The fourth-order valence-electron chi connectivity index (χ4n) is 2.28. The molecule has 0 aromatic carbocycles. The minimum atomic E-state index is -1.50. The molecule has 6 nitrogen and oxygen atoms in total. The summed E-state index contributed by atoms with van der Waals surface area (Å²) in [4.78, 5) is 13.1. The number of aliphatic hydroxyl groups is 3. The van der Waals surface area contributed by atoms with Crippen molar-refractivity contribution in [2.45, 2.75) is 57.3 Å². The Hall–Kier alpha value is -0.690. The van der Waals surface area contributed by atoms with Gasteiger partial charge in [-0.1, -0.05) is 19.8 Å². The number of hydrogen-bond acceptors (Lipinski definition) is 5. The van der Waals surface area contributed by atoms with Crippen molar-refractivity contribution in [2.75, 3.05) is 26.3 Å². The molecule has 0 aliphatic carbocycles. The van der Waals surface area contributed by atoms with Crippen molar-refractivity contribution in [3.8, 4) is 0 Å². The molecule has 1 rings (SSSR count). The molecule has 0 aromatic heterocycles. The standard InChI is InChI=1S/C14H27NO5/c1-2-8-20-9-6-4-3-5-7-15-10-11(16)12(17)13(18)14(15)19/h11-13,16-18H,2-10H2,1H3/t11-,12-,13+/m1/s1. The first-order chi connectivity index (χ1) is 9.57. The van der Waals surface area contributed by atoms with Crippen LogP contribution in [0.2, 0.25) is 0 Å². The SMILES string of the molecule is CCCOCCCCCCN1C[C@@H](O)[C@@H](O)[C@H](O)C1=O. The molecular weight excluding hydrogens is 262 g/mol. The third-order valence-electron chi connectivity index (χ3n) is 3.51. The highest BCUT2D eigenvalue weighted by Gasteiger charge is 2.39. The Balaban J connectivity index is 2.11. The monoisotopic (exact) mass is 289 g/mol. The van der Waals surface area contributed by atoms with Gasteiger partial charge in [0.2, 0.25) is 0 Å². The number of likely N-dealkylation sites (tertiary alicyclic amines) is 1. The van der Waals surface area contributed by atoms with Gasteiger partial charge >= 0.3 is 0 Å². The Morgan fingerprint density at radius 1 is 1.15 bits per heavy atom.